The fraction of sp³-hybridized carbons (Fsp3) is 0.538. The molecule has 1 aromatic rings. The second kappa shape index (κ2) is 3.83. The Labute approximate surface area is 106 Å². The zero-order valence-corrected chi connectivity index (χ0v) is 11.7. The van der Waals surface area contributed by atoms with Crippen LogP contribution in [0.1, 0.15) is 31.9 Å². The minimum atomic E-state index is -0.177. The van der Waals surface area contributed by atoms with Crippen molar-refractivity contribution in [3.8, 4) is 0 Å². The molecule has 0 radical (unpaired) electrons. The zero-order valence-electron chi connectivity index (χ0n) is 10.1. The van der Waals surface area contributed by atoms with E-state index in [2.05, 4.69) is 60.2 Å². The molecule has 1 aliphatic rings. The average molecular weight is 283 g/mol. The molecule has 2 rings (SSSR count). The Morgan fingerprint density at radius 3 is 2.31 bits per heavy atom. The number of nitrogens with one attached hydrogen (secondary N) is 1. The van der Waals surface area contributed by atoms with Gasteiger partial charge in [0.2, 0.25) is 0 Å². The van der Waals surface area contributed by atoms with Gasteiger partial charge in [-0.15, -0.1) is 0 Å². The Balaban J connectivity index is 2.44. The molecule has 0 bridgehead atoms. The van der Waals surface area contributed by atoms with E-state index in [-0.39, 0.29) is 11.0 Å². The molecule has 0 atom stereocenters. The third-order valence-corrected chi connectivity index (χ3v) is 3.68. The summed E-state index contributed by atoms with van der Waals surface area (Å²) in [6.45, 7) is 8.41. The largest absolute Gasteiger partial charge is 0.319 e. The molecular formula is C13H19BrN2. The molecule has 0 spiro atoms. The van der Waals surface area contributed by atoms with E-state index in [0.717, 1.165) is 17.6 Å². The van der Waals surface area contributed by atoms with Crippen molar-refractivity contribution in [1.82, 2.24) is 5.32 Å². The second-order valence-corrected chi connectivity index (χ2v) is 6.65. The molecule has 1 fully saturated rings. The molecule has 3 N–H and O–H groups in total. The predicted octanol–water partition coefficient (Wildman–Crippen LogP) is 2.50. The molecule has 0 aliphatic carbocycles. The lowest BCUT2D eigenvalue weighted by Gasteiger charge is -2.40. The van der Waals surface area contributed by atoms with E-state index in [9.17, 15) is 0 Å². The minimum absolute atomic E-state index is 0.159. The summed E-state index contributed by atoms with van der Waals surface area (Å²) >= 11 is 3.58. The van der Waals surface area contributed by atoms with E-state index in [4.69, 9.17) is 5.73 Å². The predicted molar refractivity (Wildman–Crippen MR) is 71.6 cm³/mol. The van der Waals surface area contributed by atoms with Gasteiger partial charge in [0.25, 0.3) is 0 Å². The Kier molecular flexibility index (Phi) is 2.89. The van der Waals surface area contributed by atoms with Gasteiger partial charge in [-0.1, -0.05) is 42.8 Å². The highest BCUT2D eigenvalue weighted by molar-refractivity contribution is 9.10. The zero-order chi connectivity index (χ0) is 12.0. The second-order valence-electron chi connectivity index (χ2n) is 5.74. The van der Waals surface area contributed by atoms with Crippen LogP contribution >= 0.6 is 15.9 Å². The topological polar surface area (TPSA) is 38.0 Å². The third kappa shape index (κ3) is 2.17. The smallest absolute Gasteiger partial charge is 0.0662 e. The molecule has 0 aromatic heterocycles. The SMILES string of the molecule is CC(C)(C)c1cc(Br)cc(C2(N)CNC2)c1. The first-order valence-electron chi connectivity index (χ1n) is 5.62. The molecule has 0 saturated carbocycles. The summed E-state index contributed by atoms with van der Waals surface area (Å²) in [5, 5.41) is 3.24. The van der Waals surface area contributed by atoms with Crippen molar-refractivity contribution < 1.29 is 0 Å². The van der Waals surface area contributed by atoms with Gasteiger partial charge in [0.05, 0.1) is 5.54 Å². The van der Waals surface area contributed by atoms with Gasteiger partial charge in [0, 0.05) is 17.6 Å². The quantitative estimate of drug-likeness (QED) is 0.831. The number of benzene rings is 1. The van der Waals surface area contributed by atoms with Crippen molar-refractivity contribution in [2.75, 3.05) is 13.1 Å². The van der Waals surface area contributed by atoms with Gasteiger partial charge in [-0.2, -0.15) is 0 Å². The number of hydrogen-bond donors (Lipinski definition) is 2. The molecule has 0 amide bonds. The van der Waals surface area contributed by atoms with Crippen molar-refractivity contribution in [2.24, 2.45) is 5.73 Å². The van der Waals surface area contributed by atoms with Crippen LogP contribution in [0.4, 0.5) is 0 Å². The van der Waals surface area contributed by atoms with Crippen LogP contribution in [0.3, 0.4) is 0 Å². The highest BCUT2D eigenvalue weighted by Gasteiger charge is 2.35. The van der Waals surface area contributed by atoms with Crippen molar-refractivity contribution in [1.29, 1.82) is 0 Å². The fourth-order valence-corrected chi connectivity index (χ4v) is 2.40. The molecule has 1 aliphatic heterocycles. The van der Waals surface area contributed by atoms with Crippen LogP contribution in [0, 0.1) is 0 Å². The first-order chi connectivity index (χ1) is 7.31. The first kappa shape index (κ1) is 12.1. The van der Waals surface area contributed by atoms with Crippen molar-refractivity contribution in [2.45, 2.75) is 31.7 Å². The Morgan fingerprint density at radius 1 is 1.25 bits per heavy atom. The summed E-state index contributed by atoms with van der Waals surface area (Å²) in [6, 6.07) is 6.56. The third-order valence-electron chi connectivity index (χ3n) is 3.22. The van der Waals surface area contributed by atoms with Crippen LogP contribution in [-0.4, -0.2) is 13.1 Å². The lowest BCUT2D eigenvalue weighted by atomic mass is 9.80. The van der Waals surface area contributed by atoms with Gasteiger partial charge in [0.1, 0.15) is 0 Å². The van der Waals surface area contributed by atoms with E-state index < -0.39 is 0 Å². The normalized spacial score (nSPS) is 19.3. The number of halogens is 1. The van der Waals surface area contributed by atoms with Crippen LogP contribution in [-0.2, 0) is 11.0 Å². The maximum atomic E-state index is 6.32. The monoisotopic (exact) mass is 282 g/mol. The van der Waals surface area contributed by atoms with Crippen LogP contribution in [0.15, 0.2) is 22.7 Å². The minimum Gasteiger partial charge on any atom is -0.319 e. The standard InChI is InChI=1S/C13H19BrN2/c1-12(2,3)9-4-10(6-11(14)5-9)13(15)7-16-8-13/h4-6,16H,7-8,15H2,1-3H3. The van der Waals surface area contributed by atoms with Gasteiger partial charge in [-0.05, 0) is 28.7 Å². The lowest BCUT2D eigenvalue weighted by Crippen LogP contribution is -2.62. The maximum Gasteiger partial charge on any atom is 0.0662 e. The van der Waals surface area contributed by atoms with E-state index in [1.807, 2.05) is 0 Å². The molecule has 88 valence electrons. The molecular weight excluding hydrogens is 264 g/mol. The van der Waals surface area contributed by atoms with Crippen LogP contribution in [0.2, 0.25) is 0 Å². The molecule has 0 unspecified atom stereocenters. The first-order valence-corrected chi connectivity index (χ1v) is 6.42. The molecule has 16 heavy (non-hydrogen) atoms. The number of nitrogens with two attached hydrogens (primary N) is 1. The summed E-state index contributed by atoms with van der Waals surface area (Å²) in [5.74, 6) is 0. The Morgan fingerprint density at radius 2 is 1.88 bits per heavy atom. The van der Waals surface area contributed by atoms with Crippen molar-refractivity contribution in [3.05, 3.63) is 33.8 Å². The Bertz CT molecular complexity index is 403. The summed E-state index contributed by atoms with van der Waals surface area (Å²) in [7, 11) is 0. The van der Waals surface area contributed by atoms with Gasteiger partial charge in [-0.3, -0.25) is 0 Å². The van der Waals surface area contributed by atoms with Crippen LogP contribution in [0.5, 0.6) is 0 Å². The summed E-state index contributed by atoms with van der Waals surface area (Å²) in [5.41, 5.74) is 8.86. The van der Waals surface area contributed by atoms with Crippen molar-refractivity contribution >= 4 is 15.9 Å². The summed E-state index contributed by atoms with van der Waals surface area (Å²) in [6.07, 6.45) is 0. The van der Waals surface area contributed by atoms with Crippen LogP contribution < -0.4 is 11.1 Å². The van der Waals surface area contributed by atoms with Gasteiger partial charge < -0.3 is 11.1 Å². The summed E-state index contributed by atoms with van der Waals surface area (Å²) in [4.78, 5) is 0. The van der Waals surface area contributed by atoms with Gasteiger partial charge in [0.15, 0.2) is 0 Å². The molecule has 2 nitrogen and oxygen atoms in total. The molecule has 1 saturated heterocycles. The molecule has 3 heteroatoms. The van der Waals surface area contributed by atoms with E-state index in [1.165, 1.54) is 11.1 Å². The fourth-order valence-electron chi connectivity index (χ4n) is 1.91. The van der Waals surface area contributed by atoms with Crippen molar-refractivity contribution in [3.63, 3.8) is 0 Å². The number of rotatable bonds is 1. The Hall–Kier alpha value is -0.380. The van der Waals surface area contributed by atoms with Crippen LogP contribution in [0.25, 0.3) is 0 Å². The van der Waals surface area contributed by atoms with Gasteiger partial charge in [-0.25, -0.2) is 0 Å². The summed E-state index contributed by atoms with van der Waals surface area (Å²) < 4.78 is 1.12. The maximum absolute atomic E-state index is 6.32. The average Bonchev–Trinajstić information content (AvgIpc) is 2.11. The highest BCUT2D eigenvalue weighted by Crippen LogP contribution is 2.31. The van der Waals surface area contributed by atoms with E-state index >= 15 is 0 Å². The van der Waals surface area contributed by atoms with E-state index in [1.54, 1.807) is 0 Å². The molecule has 1 aromatic carbocycles. The lowest BCUT2D eigenvalue weighted by molar-refractivity contribution is 0.286. The molecule has 1 heterocycles. The number of hydrogen-bond acceptors (Lipinski definition) is 2. The highest BCUT2D eigenvalue weighted by atomic mass is 79.9. The van der Waals surface area contributed by atoms with Gasteiger partial charge >= 0.3 is 0 Å². The van der Waals surface area contributed by atoms with E-state index in [0.29, 0.717) is 0 Å².